The van der Waals surface area contributed by atoms with Gasteiger partial charge in [0.2, 0.25) is 0 Å². The molecule has 6 aliphatic rings. The van der Waals surface area contributed by atoms with E-state index in [4.69, 9.17) is 19.7 Å². The fraction of sp³-hybridized carbons (Fsp3) is 0.417. The second-order valence-electron chi connectivity index (χ2n) is 12.8. The molecular formula is C36H37F3N4O5. The van der Waals surface area contributed by atoms with E-state index in [-0.39, 0.29) is 47.7 Å². The van der Waals surface area contributed by atoms with E-state index in [1.807, 2.05) is 33.8 Å². The summed E-state index contributed by atoms with van der Waals surface area (Å²) in [6, 6.07) is 0. The van der Waals surface area contributed by atoms with Crippen LogP contribution < -0.4 is 5.32 Å². The van der Waals surface area contributed by atoms with Crippen molar-refractivity contribution in [1.82, 2.24) is 5.32 Å². The van der Waals surface area contributed by atoms with Crippen LogP contribution in [0.5, 0.6) is 0 Å². The number of methoxy groups -OCH3 is 1. The van der Waals surface area contributed by atoms with E-state index < -0.39 is 24.5 Å². The number of carbonyl (C=O) groups is 2. The van der Waals surface area contributed by atoms with Crippen molar-refractivity contribution in [2.45, 2.75) is 79.0 Å². The number of hydrogen-bond acceptors (Lipinski definition) is 9. The van der Waals surface area contributed by atoms with Crippen molar-refractivity contribution in [2.75, 3.05) is 7.11 Å². The van der Waals surface area contributed by atoms with E-state index in [0.717, 1.165) is 33.7 Å². The number of ether oxygens (including phenoxy) is 1. The molecule has 0 spiro atoms. The van der Waals surface area contributed by atoms with Crippen molar-refractivity contribution < 1.29 is 37.7 Å². The molecule has 1 unspecified atom stereocenters. The Hall–Kier alpha value is -4.58. The first kappa shape index (κ1) is 33.3. The summed E-state index contributed by atoms with van der Waals surface area (Å²) in [6.45, 7) is 9.40. The predicted octanol–water partition coefficient (Wildman–Crippen LogP) is 6.49. The lowest BCUT2D eigenvalue weighted by molar-refractivity contribution is -0.204. The van der Waals surface area contributed by atoms with Gasteiger partial charge in [-0.1, -0.05) is 13.8 Å². The van der Waals surface area contributed by atoms with E-state index in [0.29, 0.717) is 52.5 Å². The van der Waals surface area contributed by atoms with Gasteiger partial charge in [0.05, 0.1) is 41.3 Å². The van der Waals surface area contributed by atoms with Crippen molar-refractivity contribution in [2.24, 2.45) is 26.8 Å². The standard InChI is InChI=1S/C36H37F3N4O5/c1-7-19-15(2)22-13-27-32(29(45)14-30(46)36(37,38)39)17(4)24(41-27)11-23-16(3)20(8-9-31(47)48-6)34(42-23)21-10-28(44)33-18(5)25(43-35(21)33)12-26(19)40-22/h11-13,16,20,30,42,45-46H,7-10,14H2,1-6H3/b22-13?,23-11?,25-12?,32-29-,34-21?/t16-,20-,30?/m0/s1. The lowest BCUT2D eigenvalue weighted by atomic mass is 9.86. The normalized spacial score (nSPS) is 25.2. The van der Waals surface area contributed by atoms with Crippen LogP contribution in [0.4, 0.5) is 13.2 Å². The number of aliphatic imine (C=N–C) groups is 3. The summed E-state index contributed by atoms with van der Waals surface area (Å²) in [4.78, 5) is 40.3. The molecule has 8 bridgehead atoms. The maximum Gasteiger partial charge on any atom is 0.414 e. The molecule has 1 aliphatic carbocycles. The lowest BCUT2D eigenvalue weighted by Gasteiger charge is -2.17. The van der Waals surface area contributed by atoms with Crippen LogP contribution in [0.25, 0.3) is 0 Å². The lowest BCUT2D eigenvalue weighted by Crippen LogP contribution is -2.29. The number of rotatable bonds is 6. The number of esters is 1. The van der Waals surface area contributed by atoms with Gasteiger partial charge in [0.25, 0.3) is 0 Å². The van der Waals surface area contributed by atoms with Crippen molar-refractivity contribution in [1.29, 1.82) is 0 Å². The fourth-order valence-electron chi connectivity index (χ4n) is 7.23. The zero-order valence-electron chi connectivity index (χ0n) is 27.6. The summed E-state index contributed by atoms with van der Waals surface area (Å²) in [5, 5.41) is 24.4. The Balaban J connectivity index is 1.60. The van der Waals surface area contributed by atoms with Crippen molar-refractivity contribution in [3.05, 3.63) is 91.5 Å². The van der Waals surface area contributed by atoms with Crippen LogP contribution in [-0.2, 0) is 14.3 Å². The van der Waals surface area contributed by atoms with Crippen LogP contribution >= 0.6 is 0 Å². The van der Waals surface area contributed by atoms with Gasteiger partial charge >= 0.3 is 12.1 Å². The number of ketones is 1. The minimum absolute atomic E-state index is 0.0388. The molecule has 1 saturated heterocycles. The number of nitrogens with one attached hydrogen (secondary N) is 1. The SMILES string of the molecule is CCC1=C(C)C2=CC3=NC(=C(C)/C3=C(/O)CC(O)C(F)(F)F)C=C3NC(=C4CC(=O)C5=C(C)C(=CC1=N2)N=C45)[C@@H](CCC(=O)OC)[C@@H]3C. The summed E-state index contributed by atoms with van der Waals surface area (Å²) in [6.07, 6.45) is -2.10. The summed E-state index contributed by atoms with van der Waals surface area (Å²) in [7, 11) is 1.33. The number of allylic oxidation sites excluding steroid dienone is 12. The summed E-state index contributed by atoms with van der Waals surface area (Å²) >= 11 is 0. The second kappa shape index (κ2) is 12.1. The summed E-state index contributed by atoms with van der Waals surface area (Å²) in [5.41, 5.74) is 8.89. The van der Waals surface area contributed by atoms with Gasteiger partial charge < -0.3 is 20.3 Å². The summed E-state index contributed by atoms with van der Waals surface area (Å²) < 4.78 is 44.9. The van der Waals surface area contributed by atoms with Crippen molar-refractivity contribution in [3.63, 3.8) is 0 Å². The van der Waals surface area contributed by atoms with Gasteiger partial charge in [0.1, 0.15) is 5.76 Å². The van der Waals surface area contributed by atoms with Crippen molar-refractivity contribution >= 4 is 28.9 Å². The molecule has 5 aliphatic heterocycles. The molecule has 6 rings (SSSR count). The van der Waals surface area contributed by atoms with Crippen molar-refractivity contribution in [3.8, 4) is 0 Å². The van der Waals surface area contributed by atoms with Gasteiger partial charge in [-0.05, 0) is 74.1 Å². The van der Waals surface area contributed by atoms with Gasteiger partial charge in [-0.15, -0.1) is 0 Å². The average Bonchev–Trinajstić information content (AvgIpc) is 3.77. The zero-order valence-corrected chi connectivity index (χ0v) is 27.6. The van der Waals surface area contributed by atoms with E-state index in [9.17, 15) is 33.0 Å². The second-order valence-corrected chi connectivity index (χ2v) is 12.8. The van der Waals surface area contributed by atoms with Gasteiger partial charge in [0.15, 0.2) is 11.9 Å². The zero-order chi connectivity index (χ0) is 34.8. The Morgan fingerprint density at radius 3 is 2.42 bits per heavy atom. The highest BCUT2D eigenvalue weighted by Crippen LogP contribution is 2.45. The Labute approximate surface area is 276 Å². The Kier molecular flexibility index (Phi) is 8.43. The predicted molar refractivity (Wildman–Crippen MR) is 175 cm³/mol. The number of alkyl halides is 3. The first-order chi connectivity index (χ1) is 22.6. The smallest absolute Gasteiger partial charge is 0.414 e. The molecule has 3 N–H and O–H groups in total. The van der Waals surface area contributed by atoms with Crippen LogP contribution in [0.1, 0.15) is 66.7 Å². The Morgan fingerprint density at radius 2 is 1.75 bits per heavy atom. The maximum absolute atomic E-state index is 13.5. The van der Waals surface area contributed by atoms with E-state index in [1.54, 1.807) is 19.1 Å². The number of aliphatic hydroxyl groups excluding tert-OH is 2. The number of nitrogens with zero attached hydrogens (tertiary/aromatic N) is 3. The molecule has 12 heteroatoms. The first-order valence-corrected chi connectivity index (χ1v) is 16.0. The Bertz CT molecular complexity index is 1910. The molecule has 0 radical (unpaired) electrons. The van der Waals surface area contributed by atoms with Gasteiger partial charge in [-0.3, -0.25) is 9.59 Å². The third kappa shape index (κ3) is 5.55. The van der Waals surface area contributed by atoms with Crippen LogP contribution in [0.15, 0.2) is 106 Å². The fourth-order valence-corrected chi connectivity index (χ4v) is 7.23. The minimum atomic E-state index is -4.92. The highest BCUT2D eigenvalue weighted by molar-refractivity contribution is 6.38. The molecule has 0 amide bonds. The molecule has 0 aromatic heterocycles. The van der Waals surface area contributed by atoms with Gasteiger partial charge in [0, 0.05) is 59.2 Å². The molecule has 3 atom stereocenters. The monoisotopic (exact) mass is 662 g/mol. The number of Topliss-reactive ketones (excluding diaryl/α,β-unsaturated/α-hetero) is 1. The van der Waals surface area contributed by atoms with E-state index >= 15 is 0 Å². The van der Waals surface area contributed by atoms with E-state index in [2.05, 4.69) is 5.32 Å². The molecule has 0 aromatic rings. The quantitative estimate of drug-likeness (QED) is 0.220. The number of hydrogen-bond donors (Lipinski definition) is 3. The molecule has 48 heavy (non-hydrogen) atoms. The molecule has 9 nitrogen and oxygen atoms in total. The first-order valence-electron chi connectivity index (χ1n) is 16.0. The number of aliphatic hydroxyl groups is 2. The molecule has 252 valence electrons. The third-order valence-electron chi connectivity index (χ3n) is 9.98. The Morgan fingerprint density at radius 1 is 1.06 bits per heavy atom. The number of halogens is 3. The molecule has 0 aromatic carbocycles. The molecule has 2 fully saturated rings. The van der Waals surface area contributed by atoms with Crippen LogP contribution in [0.2, 0.25) is 0 Å². The molecular weight excluding hydrogens is 625 g/mol. The highest BCUT2D eigenvalue weighted by Gasteiger charge is 2.43. The van der Waals surface area contributed by atoms with Crippen LogP contribution in [0.3, 0.4) is 0 Å². The third-order valence-corrected chi connectivity index (χ3v) is 9.98. The van der Waals surface area contributed by atoms with Gasteiger partial charge in [-0.2, -0.15) is 13.2 Å². The average molecular weight is 663 g/mol. The van der Waals surface area contributed by atoms with Crippen LogP contribution in [0, 0.1) is 11.8 Å². The maximum atomic E-state index is 13.5. The summed E-state index contributed by atoms with van der Waals surface area (Å²) in [5.74, 6) is -1.43. The molecule has 1 saturated carbocycles. The number of carbonyl (C=O) groups excluding carboxylic acids is 2. The van der Waals surface area contributed by atoms with E-state index in [1.165, 1.54) is 7.11 Å². The van der Waals surface area contributed by atoms with Gasteiger partial charge in [-0.25, -0.2) is 15.0 Å². The largest absolute Gasteiger partial charge is 0.511 e. The van der Waals surface area contributed by atoms with Crippen LogP contribution in [-0.4, -0.2) is 58.5 Å². The number of fused-ring (bicyclic) bond motifs is 5. The minimum Gasteiger partial charge on any atom is -0.511 e. The molecule has 5 heterocycles. The highest BCUT2D eigenvalue weighted by atomic mass is 19.4. The topological polar surface area (TPSA) is 133 Å².